The van der Waals surface area contributed by atoms with Crippen molar-refractivity contribution in [3.8, 4) is 0 Å². The van der Waals surface area contributed by atoms with Crippen molar-refractivity contribution >= 4 is 5.69 Å². The minimum absolute atomic E-state index is 1.02. The Kier molecular flexibility index (Phi) is 2.92. The van der Waals surface area contributed by atoms with Gasteiger partial charge in [0.25, 0.3) is 0 Å². The normalized spacial score (nSPS) is 22.6. The maximum absolute atomic E-state index is 3.42. The quantitative estimate of drug-likeness (QED) is 0.614. The Morgan fingerprint density at radius 2 is 2.06 bits per heavy atom. The van der Waals surface area contributed by atoms with E-state index in [0.717, 1.165) is 19.3 Å². The zero-order chi connectivity index (χ0) is 12.4. The molecule has 1 aliphatic heterocycles. The Balaban J connectivity index is 2.15. The van der Waals surface area contributed by atoms with Gasteiger partial charge in [-0.3, -0.25) is 0 Å². The van der Waals surface area contributed by atoms with Gasteiger partial charge in [0.15, 0.2) is 0 Å². The van der Waals surface area contributed by atoms with Crippen LogP contribution in [0.4, 0.5) is 5.69 Å². The van der Waals surface area contributed by atoms with Crippen molar-refractivity contribution in [3.05, 3.63) is 71.1 Å². The summed E-state index contributed by atoms with van der Waals surface area (Å²) in [5.74, 6) is 0. The molecule has 0 saturated carbocycles. The first-order valence-electron chi connectivity index (χ1n) is 6.49. The van der Waals surface area contributed by atoms with Gasteiger partial charge in [0, 0.05) is 12.7 Å². The first-order chi connectivity index (χ1) is 8.86. The van der Waals surface area contributed by atoms with Gasteiger partial charge in [-0.1, -0.05) is 42.2 Å². The number of likely N-dealkylation sites (N-methyl/N-ethyl adjacent to an activating group) is 1. The molecule has 1 heterocycles. The number of fused-ring (bicyclic) bond motifs is 2. The standard InChI is InChI=1S/C17H17N/c1-18-16-10-5-3-2-4-8-14(16)12-13-15-9-6-7-11-17(15)18/h2-3,5-9,11H,4,12-13H2,1H3/b3-2-,14-8-. The second-order valence-electron chi connectivity index (χ2n) is 4.74. The molecule has 0 fully saturated rings. The molecule has 1 nitrogen and oxygen atoms in total. The number of aryl methyl sites for hydroxylation is 1. The molecule has 1 aromatic carbocycles. The number of anilines is 1. The molecule has 2 aliphatic rings. The van der Waals surface area contributed by atoms with Crippen LogP contribution in [0.25, 0.3) is 0 Å². The van der Waals surface area contributed by atoms with Crippen LogP contribution in [0.1, 0.15) is 18.4 Å². The van der Waals surface area contributed by atoms with E-state index in [1.165, 1.54) is 22.5 Å². The summed E-state index contributed by atoms with van der Waals surface area (Å²) < 4.78 is 0. The smallest absolute Gasteiger partial charge is 0.0871 e. The van der Waals surface area contributed by atoms with E-state index in [-0.39, 0.29) is 0 Å². The van der Waals surface area contributed by atoms with Gasteiger partial charge in [0.05, 0.1) is 5.70 Å². The van der Waals surface area contributed by atoms with E-state index in [0.29, 0.717) is 0 Å². The van der Waals surface area contributed by atoms with Gasteiger partial charge < -0.3 is 4.90 Å². The minimum atomic E-state index is 1.02. The Morgan fingerprint density at radius 3 is 3.00 bits per heavy atom. The number of hydrogen-bond donors (Lipinski definition) is 0. The Morgan fingerprint density at radius 1 is 1.17 bits per heavy atom. The Bertz CT molecular complexity index is 583. The molecule has 1 heteroatoms. The van der Waals surface area contributed by atoms with Gasteiger partial charge in [0.2, 0.25) is 0 Å². The molecule has 0 aromatic heterocycles. The van der Waals surface area contributed by atoms with E-state index in [2.05, 4.69) is 60.2 Å². The van der Waals surface area contributed by atoms with Gasteiger partial charge in [-0.2, -0.15) is 0 Å². The van der Waals surface area contributed by atoms with E-state index in [1.54, 1.807) is 0 Å². The molecule has 0 bridgehead atoms. The molecule has 90 valence electrons. The summed E-state index contributed by atoms with van der Waals surface area (Å²) in [5.41, 5.74) is 8.77. The Hall–Kier alpha value is -1.98. The predicted octanol–water partition coefficient (Wildman–Crippen LogP) is 3.99. The molecule has 0 amide bonds. The molecule has 0 saturated heterocycles. The van der Waals surface area contributed by atoms with E-state index in [4.69, 9.17) is 0 Å². The lowest BCUT2D eigenvalue weighted by Gasteiger charge is -2.22. The van der Waals surface area contributed by atoms with Gasteiger partial charge in [-0.15, -0.1) is 0 Å². The minimum Gasteiger partial charge on any atom is -0.338 e. The van der Waals surface area contributed by atoms with Crippen molar-refractivity contribution in [3.63, 3.8) is 0 Å². The number of benzene rings is 1. The fourth-order valence-electron chi connectivity index (χ4n) is 2.65. The summed E-state index contributed by atoms with van der Waals surface area (Å²) in [7, 11) is 2.14. The summed E-state index contributed by atoms with van der Waals surface area (Å²) in [6.07, 6.45) is 11.8. The monoisotopic (exact) mass is 235 g/mol. The maximum Gasteiger partial charge on any atom is 0.0871 e. The first-order valence-corrected chi connectivity index (χ1v) is 6.49. The van der Waals surface area contributed by atoms with E-state index < -0.39 is 0 Å². The summed E-state index contributed by atoms with van der Waals surface area (Å²) in [4.78, 5) is 2.27. The van der Waals surface area contributed by atoms with E-state index in [9.17, 15) is 0 Å². The lowest BCUT2D eigenvalue weighted by Crippen LogP contribution is -2.16. The largest absolute Gasteiger partial charge is 0.338 e. The Labute approximate surface area is 108 Å². The second-order valence-corrected chi connectivity index (χ2v) is 4.74. The lowest BCUT2D eigenvalue weighted by atomic mass is 10.0. The first kappa shape index (κ1) is 11.1. The fourth-order valence-corrected chi connectivity index (χ4v) is 2.65. The molecule has 0 N–H and O–H groups in total. The van der Waals surface area contributed by atoms with Crippen molar-refractivity contribution < 1.29 is 0 Å². The van der Waals surface area contributed by atoms with E-state index >= 15 is 0 Å². The highest BCUT2D eigenvalue weighted by molar-refractivity contribution is 5.63. The van der Waals surface area contributed by atoms with Crippen molar-refractivity contribution in [1.82, 2.24) is 0 Å². The summed E-state index contributed by atoms with van der Waals surface area (Å²) >= 11 is 0. The third-order valence-corrected chi connectivity index (χ3v) is 3.61. The van der Waals surface area contributed by atoms with Crippen LogP contribution in [0.3, 0.4) is 0 Å². The molecule has 18 heavy (non-hydrogen) atoms. The highest BCUT2D eigenvalue weighted by Gasteiger charge is 2.19. The summed E-state index contributed by atoms with van der Waals surface area (Å²) in [6.45, 7) is 0. The van der Waals surface area contributed by atoms with Crippen LogP contribution in [0.15, 0.2) is 65.6 Å². The lowest BCUT2D eigenvalue weighted by molar-refractivity contribution is 0.958. The molecule has 0 radical (unpaired) electrons. The van der Waals surface area contributed by atoms with Crippen LogP contribution in [0.5, 0.6) is 0 Å². The van der Waals surface area contributed by atoms with Crippen LogP contribution in [-0.2, 0) is 6.42 Å². The molecule has 3 rings (SSSR count). The number of rotatable bonds is 0. The average Bonchev–Trinajstić information content (AvgIpc) is 2.48. The van der Waals surface area contributed by atoms with Crippen molar-refractivity contribution in [2.75, 3.05) is 11.9 Å². The van der Waals surface area contributed by atoms with Crippen LogP contribution in [0.2, 0.25) is 0 Å². The fraction of sp³-hybridized carbons (Fsp3) is 0.235. The van der Waals surface area contributed by atoms with Crippen LogP contribution < -0.4 is 4.90 Å². The topological polar surface area (TPSA) is 3.24 Å². The molecule has 1 aliphatic carbocycles. The number of allylic oxidation sites excluding steroid dienone is 4. The zero-order valence-electron chi connectivity index (χ0n) is 10.7. The van der Waals surface area contributed by atoms with Crippen molar-refractivity contribution in [2.24, 2.45) is 0 Å². The predicted molar refractivity (Wildman–Crippen MR) is 76.6 cm³/mol. The van der Waals surface area contributed by atoms with Crippen LogP contribution >= 0.6 is 0 Å². The average molecular weight is 235 g/mol. The highest BCUT2D eigenvalue weighted by Crippen LogP contribution is 2.33. The maximum atomic E-state index is 3.42. The van der Waals surface area contributed by atoms with Crippen molar-refractivity contribution in [2.45, 2.75) is 19.3 Å². The SMILES string of the molecule is CN1C2=C=C/C=C\C/C=C\2CCc2ccccc21. The van der Waals surface area contributed by atoms with Gasteiger partial charge >= 0.3 is 0 Å². The van der Waals surface area contributed by atoms with Crippen molar-refractivity contribution in [1.29, 1.82) is 0 Å². The van der Waals surface area contributed by atoms with Crippen LogP contribution in [-0.4, -0.2) is 7.05 Å². The highest BCUT2D eigenvalue weighted by atomic mass is 15.1. The zero-order valence-corrected chi connectivity index (χ0v) is 10.7. The van der Waals surface area contributed by atoms with E-state index in [1.807, 2.05) is 6.08 Å². The molecule has 0 spiro atoms. The number of para-hydroxylation sites is 1. The molecule has 1 aromatic rings. The number of nitrogens with zero attached hydrogens (tertiary/aromatic N) is 1. The molecular weight excluding hydrogens is 218 g/mol. The van der Waals surface area contributed by atoms with Gasteiger partial charge in [-0.05, 0) is 42.5 Å². The van der Waals surface area contributed by atoms with Gasteiger partial charge in [0.1, 0.15) is 0 Å². The molecular formula is C17H17N. The third kappa shape index (κ3) is 1.94. The number of hydrogen-bond acceptors (Lipinski definition) is 1. The molecule has 0 atom stereocenters. The summed E-state index contributed by atoms with van der Waals surface area (Å²) in [5, 5.41) is 0. The third-order valence-electron chi connectivity index (χ3n) is 3.61. The van der Waals surface area contributed by atoms with Crippen LogP contribution in [0, 0.1) is 0 Å². The summed E-state index contributed by atoms with van der Waals surface area (Å²) in [6, 6.07) is 8.66. The van der Waals surface area contributed by atoms with Gasteiger partial charge in [-0.25, -0.2) is 0 Å². The molecule has 0 unspecified atom stereocenters. The second kappa shape index (κ2) is 4.72.